The molecule has 9 heteroatoms. The Labute approximate surface area is 184 Å². The van der Waals surface area contributed by atoms with Gasteiger partial charge in [0.05, 0.1) is 12.0 Å². The number of rotatable bonds is 4. The Kier molecular flexibility index (Phi) is 6.76. The molecule has 170 valence electrons. The Morgan fingerprint density at radius 3 is 2.58 bits per heavy atom. The number of fused-ring (bicyclic) bond motifs is 1. The molecule has 0 N–H and O–H groups in total. The van der Waals surface area contributed by atoms with E-state index >= 15 is 0 Å². The van der Waals surface area contributed by atoms with E-state index in [0.29, 0.717) is 49.1 Å². The molecule has 31 heavy (non-hydrogen) atoms. The van der Waals surface area contributed by atoms with Crippen LogP contribution >= 0.6 is 0 Å². The van der Waals surface area contributed by atoms with E-state index in [-0.39, 0.29) is 10.9 Å². The Hall–Kier alpha value is -2.39. The highest BCUT2D eigenvalue weighted by molar-refractivity contribution is 7.89. The van der Waals surface area contributed by atoms with Crippen LogP contribution in [0, 0.1) is 0 Å². The summed E-state index contributed by atoms with van der Waals surface area (Å²) >= 11 is 0. The van der Waals surface area contributed by atoms with Crippen molar-refractivity contribution in [1.29, 1.82) is 0 Å². The lowest BCUT2D eigenvalue weighted by atomic mass is 10.2. The number of methoxy groups -OCH3 is 1. The van der Waals surface area contributed by atoms with Gasteiger partial charge in [0, 0.05) is 42.6 Å². The third kappa shape index (κ3) is 4.93. The van der Waals surface area contributed by atoms with Crippen molar-refractivity contribution < 1.29 is 22.7 Å². The molecule has 0 spiro atoms. The van der Waals surface area contributed by atoms with Crippen molar-refractivity contribution in [2.75, 3.05) is 26.7 Å². The SMILES string of the molecule is CCC1CN(C(=O)OC(C)(C)C)CCCN1S(=O)(=O)c1cccc2c(OC)nccc12. The number of nitrogens with zero attached hydrogens (tertiary/aromatic N) is 3. The second-order valence-corrected chi connectivity index (χ2v) is 10.5. The summed E-state index contributed by atoms with van der Waals surface area (Å²) in [5.74, 6) is 0.383. The van der Waals surface area contributed by atoms with E-state index < -0.39 is 21.7 Å². The van der Waals surface area contributed by atoms with Crippen LogP contribution in [0.4, 0.5) is 4.79 Å². The molecule has 0 radical (unpaired) electrons. The lowest BCUT2D eigenvalue weighted by Gasteiger charge is -2.31. The van der Waals surface area contributed by atoms with Crippen LogP contribution in [0.15, 0.2) is 35.4 Å². The van der Waals surface area contributed by atoms with E-state index in [2.05, 4.69) is 4.98 Å². The quantitative estimate of drug-likeness (QED) is 0.708. The molecule has 1 aliphatic heterocycles. The largest absolute Gasteiger partial charge is 0.481 e. The van der Waals surface area contributed by atoms with Crippen molar-refractivity contribution >= 4 is 26.9 Å². The molecule has 1 atom stereocenters. The summed E-state index contributed by atoms with van der Waals surface area (Å²) in [6.45, 7) is 8.47. The molecule has 1 aromatic heterocycles. The van der Waals surface area contributed by atoms with Crippen molar-refractivity contribution in [3.05, 3.63) is 30.5 Å². The molecule has 0 saturated carbocycles. The van der Waals surface area contributed by atoms with E-state index in [0.717, 1.165) is 0 Å². The number of hydrogen-bond donors (Lipinski definition) is 0. The summed E-state index contributed by atoms with van der Waals surface area (Å²) in [5.41, 5.74) is -0.604. The molecule has 2 heterocycles. The summed E-state index contributed by atoms with van der Waals surface area (Å²) in [6, 6.07) is 6.45. The van der Waals surface area contributed by atoms with Crippen LogP contribution in [0.5, 0.6) is 5.88 Å². The minimum atomic E-state index is -3.81. The summed E-state index contributed by atoms with van der Waals surface area (Å²) in [4.78, 5) is 18.6. The predicted molar refractivity (Wildman–Crippen MR) is 119 cm³/mol. The third-order valence-corrected chi connectivity index (χ3v) is 7.29. The second-order valence-electron chi connectivity index (χ2n) is 8.63. The van der Waals surface area contributed by atoms with Gasteiger partial charge in [-0.3, -0.25) is 0 Å². The van der Waals surface area contributed by atoms with Crippen LogP contribution in [0.2, 0.25) is 0 Å². The highest BCUT2D eigenvalue weighted by Crippen LogP contribution is 2.32. The number of sulfonamides is 1. The van der Waals surface area contributed by atoms with Crippen molar-refractivity contribution in [3.63, 3.8) is 0 Å². The Morgan fingerprint density at radius 2 is 1.94 bits per heavy atom. The molecule has 1 saturated heterocycles. The van der Waals surface area contributed by atoms with Crippen LogP contribution in [0.1, 0.15) is 40.5 Å². The van der Waals surface area contributed by atoms with Gasteiger partial charge < -0.3 is 14.4 Å². The number of hydrogen-bond acceptors (Lipinski definition) is 6. The van der Waals surface area contributed by atoms with E-state index in [1.165, 1.54) is 11.4 Å². The van der Waals surface area contributed by atoms with Gasteiger partial charge in [-0.1, -0.05) is 13.0 Å². The second kappa shape index (κ2) is 9.00. The Morgan fingerprint density at radius 1 is 1.19 bits per heavy atom. The molecule has 3 rings (SSSR count). The van der Waals surface area contributed by atoms with Crippen molar-refractivity contribution in [2.45, 2.75) is 57.1 Å². The summed E-state index contributed by atoms with van der Waals surface area (Å²) in [7, 11) is -2.30. The van der Waals surface area contributed by atoms with Gasteiger partial charge in [-0.25, -0.2) is 18.2 Å². The van der Waals surface area contributed by atoms with Gasteiger partial charge in [-0.05, 0) is 51.8 Å². The summed E-state index contributed by atoms with van der Waals surface area (Å²) < 4.78 is 39.9. The first kappa shape index (κ1) is 23.3. The van der Waals surface area contributed by atoms with Crippen molar-refractivity contribution in [1.82, 2.24) is 14.2 Å². The number of ether oxygens (including phenoxy) is 2. The van der Waals surface area contributed by atoms with Crippen molar-refractivity contribution in [2.24, 2.45) is 0 Å². The van der Waals surface area contributed by atoms with Crippen molar-refractivity contribution in [3.8, 4) is 5.88 Å². The van der Waals surface area contributed by atoms with Gasteiger partial charge >= 0.3 is 6.09 Å². The number of amides is 1. The zero-order valence-corrected chi connectivity index (χ0v) is 19.6. The van der Waals surface area contributed by atoms with E-state index in [1.54, 1.807) is 35.4 Å². The fourth-order valence-electron chi connectivity index (χ4n) is 3.84. The molecular formula is C22H31N3O5S. The molecule has 1 unspecified atom stereocenters. The molecule has 8 nitrogen and oxygen atoms in total. The minimum absolute atomic E-state index is 0.217. The number of aromatic nitrogens is 1. The molecule has 1 amide bonds. The Bertz CT molecular complexity index is 1050. The standard InChI is InChI=1S/C22H31N3O5S/c1-6-16-15-24(21(26)30-22(2,3)4)13-8-14-25(16)31(27,28)19-10-7-9-18-17(19)11-12-23-20(18)29-5/h7,9-12,16H,6,8,13-15H2,1-5H3. The van der Waals surface area contributed by atoms with E-state index in [1.807, 2.05) is 27.7 Å². The lowest BCUT2D eigenvalue weighted by molar-refractivity contribution is 0.0240. The first-order valence-electron chi connectivity index (χ1n) is 10.5. The Balaban J connectivity index is 1.96. The maximum absolute atomic E-state index is 13.8. The van der Waals surface area contributed by atoms with E-state index in [4.69, 9.17) is 9.47 Å². The van der Waals surface area contributed by atoms with Gasteiger partial charge in [0.2, 0.25) is 15.9 Å². The van der Waals surface area contributed by atoms with Crippen LogP contribution in [0.25, 0.3) is 10.8 Å². The number of carbonyl (C=O) groups is 1. The smallest absolute Gasteiger partial charge is 0.410 e. The maximum Gasteiger partial charge on any atom is 0.410 e. The van der Waals surface area contributed by atoms with Gasteiger partial charge in [0.1, 0.15) is 5.60 Å². The minimum Gasteiger partial charge on any atom is -0.481 e. The summed E-state index contributed by atoms with van der Waals surface area (Å²) in [5, 5.41) is 1.21. The highest BCUT2D eigenvalue weighted by Gasteiger charge is 2.36. The van der Waals surface area contributed by atoms with Crippen LogP contribution in [-0.2, 0) is 14.8 Å². The average molecular weight is 450 g/mol. The molecule has 2 aromatic rings. The highest BCUT2D eigenvalue weighted by atomic mass is 32.2. The molecule has 0 aliphatic carbocycles. The van der Waals surface area contributed by atoms with Gasteiger partial charge in [0.15, 0.2) is 0 Å². The average Bonchev–Trinajstić information content (AvgIpc) is 2.94. The number of benzene rings is 1. The molecular weight excluding hydrogens is 418 g/mol. The normalized spacial score (nSPS) is 18.6. The first-order chi connectivity index (χ1) is 14.6. The molecule has 1 fully saturated rings. The fourth-order valence-corrected chi connectivity index (χ4v) is 5.78. The first-order valence-corrected chi connectivity index (χ1v) is 11.9. The van der Waals surface area contributed by atoms with Crippen LogP contribution < -0.4 is 4.74 Å². The zero-order chi connectivity index (χ0) is 22.8. The topological polar surface area (TPSA) is 89.0 Å². The van der Waals surface area contributed by atoms with Crippen LogP contribution in [0.3, 0.4) is 0 Å². The third-order valence-electron chi connectivity index (χ3n) is 5.28. The fraction of sp³-hybridized carbons (Fsp3) is 0.545. The van der Waals surface area contributed by atoms with Gasteiger partial charge in [-0.2, -0.15) is 4.31 Å². The van der Waals surface area contributed by atoms with E-state index in [9.17, 15) is 13.2 Å². The maximum atomic E-state index is 13.8. The summed E-state index contributed by atoms with van der Waals surface area (Å²) in [6.07, 6.45) is 2.24. The number of carbonyl (C=O) groups excluding carboxylic acids is 1. The molecule has 0 bridgehead atoms. The monoisotopic (exact) mass is 449 g/mol. The molecule has 1 aromatic carbocycles. The van der Waals surface area contributed by atoms with Gasteiger partial charge in [-0.15, -0.1) is 0 Å². The number of pyridine rings is 1. The lowest BCUT2D eigenvalue weighted by Crippen LogP contribution is -2.46. The molecule has 1 aliphatic rings. The zero-order valence-electron chi connectivity index (χ0n) is 18.8. The predicted octanol–water partition coefficient (Wildman–Crippen LogP) is 3.65. The van der Waals surface area contributed by atoms with Crippen LogP contribution in [-0.4, -0.2) is 67.1 Å². The van der Waals surface area contributed by atoms with Gasteiger partial charge in [0.25, 0.3) is 0 Å².